The number of aliphatic hydroxyl groups excluding tert-OH is 1. The molecule has 1 aliphatic rings. The summed E-state index contributed by atoms with van der Waals surface area (Å²) in [7, 11) is 0. The van der Waals surface area contributed by atoms with E-state index in [-0.39, 0.29) is 5.84 Å². The third-order valence-electron chi connectivity index (χ3n) is 2.45. The first-order chi connectivity index (χ1) is 8.20. The van der Waals surface area contributed by atoms with Crippen LogP contribution in [0.5, 0.6) is 0 Å². The van der Waals surface area contributed by atoms with E-state index in [9.17, 15) is 9.90 Å². The fourth-order valence-corrected chi connectivity index (χ4v) is 1.77. The smallest absolute Gasteiger partial charge is 0.427 e. The summed E-state index contributed by atoms with van der Waals surface area (Å²) in [6.07, 6.45) is -0.479. The van der Waals surface area contributed by atoms with Crippen LogP contribution in [0.3, 0.4) is 0 Å². The van der Waals surface area contributed by atoms with Crippen LogP contribution in [-0.2, 0) is 9.57 Å². The number of rotatable bonds is 2. The third kappa shape index (κ3) is 4.15. The number of piperidine rings is 1. The number of hydroxylamine groups is 2. The maximum Gasteiger partial charge on any atom is 0.528 e. The number of nitrogens with zero attached hydrogens (tertiary/aromatic N) is 1. The van der Waals surface area contributed by atoms with Gasteiger partial charge in [-0.05, 0) is 33.6 Å². The zero-order valence-electron chi connectivity index (χ0n) is 11.0. The zero-order chi connectivity index (χ0) is 13.9. The molecule has 0 aromatic carbocycles. The highest BCUT2D eigenvalue weighted by Crippen LogP contribution is 2.19. The number of hydrogen-bond acceptors (Lipinski definition) is 6. The maximum atomic E-state index is 11.5. The molecule has 1 rings (SSSR count). The van der Waals surface area contributed by atoms with Gasteiger partial charge in [-0.2, -0.15) is 0 Å². The second-order valence-electron chi connectivity index (χ2n) is 5.31. The number of nitrogens with one attached hydrogen (secondary N) is 1. The Labute approximate surface area is 106 Å². The van der Waals surface area contributed by atoms with Crippen molar-refractivity contribution >= 4 is 12.0 Å². The minimum absolute atomic E-state index is 0.231. The molecule has 2 unspecified atom stereocenters. The predicted octanol–water partition coefficient (Wildman–Crippen LogP) is 0.614. The van der Waals surface area contributed by atoms with E-state index in [0.29, 0.717) is 19.4 Å². The first-order valence-corrected chi connectivity index (χ1v) is 5.90. The van der Waals surface area contributed by atoms with E-state index in [1.807, 2.05) is 0 Å². The van der Waals surface area contributed by atoms with Crippen LogP contribution in [0.2, 0.25) is 0 Å². The highest BCUT2D eigenvalue weighted by atomic mass is 16.8. The summed E-state index contributed by atoms with van der Waals surface area (Å²) < 4.78 is 5.01. The molecule has 18 heavy (non-hydrogen) atoms. The van der Waals surface area contributed by atoms with Gasteiger partial charge in [-0.1, -0.05) is 0 Å². The van der Waals surface area contributed by atoms with E-state index in [4.69, 9.17) is 20.7 Å². The van der Waals surface area contributed by atoms with Crippen molar-refractivity contribution in [2.24, 2.45) is 5.73 Å². The zero-order valence-corrected chi connectivity index (χ0v) is 11.0. The maximum absolute atomic E-state index is 11.5. The Hall–Kier alpha value is -1.34. The van der Waals surface area contributed by atoms with E-state index < -0.39 is 23.9 Å². The van der Waals surface area contributed by atoms with Gasteiger partial charge in [-0.3, -0.25) is 5.41 Å². The van der Waals surface area contributed by atoms with Gasteiger partial charge in [0, 0.05) is 6.54 Å². The molecule has 7 heteroatoms. The number of aliphatic hydroxyl groups is 1. The lowest BCUT2D eigenvalue weighted by molar-refractivity contribution is -0.182. The van der Waals surface area contributed by atoms with Crippen molar-refractivity contribution in [3.8, 4) is 0 Å². The van der Waals surface area contributed by atoms with E-state index in [2.05, 4.69) is 0 Å². The molecule has 1 saturated heterocycles. The van der Waals surface area contributed by atoms with Crippen molar-refractivity contribution in [3.05, 3.63) is 0 Å². The molecule has 1 heterocycles. The second-order valence-corrected chi connectivity index (χ2v) is 5.31. The molecule has 0 saturated carbocycles. The summed E-state index contributed by atoms with van der Waals surface area (Å²) in [5.74, 6) is -0.231. The molecule has 4 N–H and O–H groups in total. The fraction of sp³-hybridized carbons (Fsp3) is 0.818. The van der Waals surface area contributed by atoms with Gasteiger partial charge < -0.3 is 20.4 Å². The summed E-state index contributed by atoms with van der Waals surface area (Å²) in [5, 5.41) is 18.4. The lowest BCUT2D eigenvalue weighted by Gasteiger charge is -2.36. The Kier molecular flexibility index (Phi) is 4.53. The molecule has 0 amide bonds. The Morgan fingerprint density at radius 1 is 1.50 bits per heavy atom. The molecule has 0 aromatic rings. The molecule has 104 valence electrons. The molecule has 0 radical (unpaired) electrons. The molecule has 0 spiro atoms. The quantitative estimate of drug-likeness (QED) is 0.381. The molecule has 1 aliphatic heterocycles. The first-order valence-electron chi connectivity index (χ1n) is 5.90. The van der Waals surface area contributed by atoms with Crippen LogP contribution in [0.15, 0.2) is 0 Å². The number of nitrogens with two attached hydrogens (primary N) is 1. The molecule has 2 atom stereocenters. The van der Waals surface area contributed by atoms with Crippen molar-refractivity contribution < 1.29 is 19.5 Å². The summed E-state index contributed by atoms with van der Waals surface area (Å²) >= 11 is 0. The predicted molar refractivity (Wildman–Crippen MR) is 65.0 cm³/mol. The minimum atomic E-state index is -0.858. The van der Waals surface area contributed by atoms with Gasteiger partial charge >= 0.3 is 6.16 Å². The summed E-state index contributed by atoms with van der Waals surface area (Å²) in [5.41, 5.74) is 4.74. The van der Waals surface area contributed by atoms with Crippen LogP contribution in [0, 0.1) is 5.41 Å². The number of carbonyl (C=O) groups is 1. The Morgan fingerprint density at radius 2 is 2.11 bits per heavy atom. The van der Waals surface area contributed by atoms with Crippen molar-refractivity contribution in [2.75, 3.05) is 6.54 Å². The Morgan fingerprint density at radius 3 is 2.61 bits per heavy atom. The van der Waals surface area contributed by atoms with Crippen molar-refractivity contribution in [1.82, 2.24) is 5.06 Å². The van der Waals surface area contributed by atoms with Gasteiger partial charge in [0.15, 0.2) is 0 Å². The van der Waals surface area contributed by atoms with Crippen LogP contribution < -0.4 is 5.73 Å². The van der Waals surface area contributed by atoms with Gasteiger partial charge in [0.2, 0.25) is 0 Å². The van der Waals surface area contributed by atoms with Crippen LogP contribution in [0.1, 0.15) is 33.6 Å². The van der Waals surface area contributed by atoms with Gasteiger partial charge in [0.25, 0.3) is 0 Å². The molecule has 0 aromatic heterocycles. The number of hydrogen-bond donors (Lipinski definition) is 3. The lowest BCUT2D eigenvalue weighted by Crippen LogP contribution is -2.55. The second kappa shape index (κ2) is 5.53. The normalized spacial score (nSPS) is 25.6. The van der Waals surface area contributed by atoms with Crippen molar-refractivity contribution in [3.63, 3.8) is 0 Å². The number of amidine groups is 1. The molecular formula is C11H21N3O4. The average molecular weight is 259 g/mol. The topological polar surface area (TPSA) is 109 Å². The lowest BCUT2D eigenvalue weighted by atomic mass is 10.0. The highest BCUT2D eigenvalue weighted by molar-refractivity contribution is 5.83. The molecule has 1 fully saturated rings. The van der Waals surface area contributed by atoms with Crippen molar-refractivity contribution in [2.45, 2.75) is 51.4 Å². The standard InChI is InChI=1S/C11H21N3O4/c1-11(2,3)17-10(16)18-14-6-4-5-7(15)8(14)9(12)13/h7-8,15H,4-6H2,1-3H3,(H3,12,13). The number of carbonyl (C=O) groups excluding carboxylic acids is 1. The third-order valence-corrected chi connectivity index (χ3v) is 2.45. The van der Waals surface area contributed by atoms with Gasteiger partial charge in [-0.15, -0.1) is 5.06 Å². The minimum Gasteiger partial charge on any atom is -0.427 e. The monoisotopic (exact) mass is 259 g/mol. The Balaban J connectivity index is 2.63. The van der Waals surface area contributed by atoms with E-state index in [0.717, 1.165) is 0 Å². The van der Waals surface area contributed by atoms with Crippen LogP contribution in [0.4, 0.5) is 4.79 Å². The van der Waals surface area contributed by atoms with E-state index in [1.54, 1.807) is 20.8 Å². The molecule has 0 aliphatic carbocycles. The van der Waals surface area contributed by atoms with Crippen LogP contribution >= 0.6 is 0 Å². The summed E-state index contributed by atoms with van der Waals surface area (Å²) in [4.78, 5) is 16.5. The summed E-state index contributed by atoms with van der Waals surface area (Å²) in [6, 6.07) is -0.800. The van der Waals surface area contributed by atoms with Crippen LogP contribution in [-0.4, -0.2) is 46.5 Å². The van der Waals surface area contributed by atoms with Gasteiger partial charge in [-0.25, -0.2) is 4.79 Å². The average Bonchev–Trinajstić information content (AvgIpc) is 2.13. The first kappa shape index (κ1) is 14.7. The largest absolute Gasteiger partial charge is 0.528 e. The fourth-order valence-electron chi connectivity index (χ4n) is 1.77. The summed E-state index contributed by atoms with van der Waals surface area (Å²) in [6.45, 7) is 5.59. The van der Waals surface area contributed by atoms with Gasteiger partial charge in [0.05, 0.1) is 6.10 Å². The SMILES string of the molecule is CC(C)(C)OC(=O)ON1CCCC(O)C1C(=N)N. The van der Waals surface area contributed by atoms with Crippen LogP contribution in [0.25, 0.3) is 0 Å². The van der Waals surface area contributed by atoms with E-state index >= 15 is 0 Å². The molecule has 0 bridgehead atoms. The molecular weight excluding hydrogens is 238 g/mol. The highest BCUT2D eigenvalue weighted by Gasteiger charge is 2.36. The van der Waals surface area contributed by atoms with Gasteiger partial charge in [0.1, 0.15) is 17.5 Å². The van der Waals surface area contributed by atoms with Crippen molar-refractivity contribution in [1.29, 1.82) is 5.41 Å². The Bertz CT molecular complexity index is 327. The number of ether oxygens (including phenoxy) is 1. The molecule has 7 nitrogen and oxygen atoms in total. The van der Waals surface area contributed by atoms with E-state index in [1.165, 1.54) is 5.06 Å².